The number of methoxy groups -OCH3 is 1. The molecule has 0 saturated carbocycles. The lowest BCUT2D eigenvalue weighted by Crippen LogP contribution is -2.17. The zero-order valence-corrected chi connectivity index (χ0v) is 11.8. The third-order valence-electron chi connectivity index (χ3n) is 2.79. The molecular formula is C13H20BrNO. The van der Waals surface area contributed by atoms with Crippen LogP contribution in [0.5, 0.6) is 0 Å². The van der Waals surface area contributed by atoms with E-state index in [2.05, 4.69) is 46.4 Å². The minimum atomic E-state index is 0.393. The first-order valence-electron chi connectivity index (χ1n) is 5.62. The molecule has 0 radical (unpaired) electrons. The molecule has 90 valence electrons. The van der Waals surface area contributed by atoms with Crippen LogP contribution in [0.2, 0.25) is 0 Å². The van der Waals surface area contributed by atoms with Gasteiger partial charge in [-0.2, -0.15) is 0 Å². The summed E-state index contributed by atoms with van der Waals surface area (Å²) in [6.45, 7) is 2.94. The first-order valence-corrected chi connectivity index (χ1v) is 6.41. The van der Waals surface area contributed by atoms with Crippen LogP contribution in [-0.4, -0.2) is 20.8 Å². The van der Waals surface area contributed by atoms with Crippen molar-refractivity contribution in [3.8, 4) is 0 Å². The van der Waals surface area contributed by atoms with E-state index in [0.29, 0.717) is 6.04 Å². The molecule has 0 amide bonds. The molecule has 0 spiro atoms. The molecular weight excluding hydrogens is 266 g/mol. The molecule has 0 heterocycles. The van der Waals surface area contributed by atoms with E-state index in [-0.39, 0.29) is 0 Å². The Labute approximate surface area is 107 Å². The minimum Gasteiger partial charge on any atom is -0.385 e. The average Bonchev–Trinajstić information content (AvgIpc) is 2.29. The molecule has 16 heavy (non-hydrogen) atoms. The molecule has 1 rings (SSSR count). The summed E-state index contributed by atoms with van der Waals surface area (Å²) in [4.78, 5) is 0. The number of aryl methyl sites for hydroxylation is 1. The smallest absolute Gasteiger partial charge is 0.0462 e. The van der Waals surface area contributed by atoms with Crippen molar-refractivity contribution in [3.63, 3.8) is 0 Å². The van der Waals surface area contributed by atoms with Crippen LogP contribution in [-0.2, 0) is 4.74 Å². The SMILES string of the molecule is CNC(CCCOC)c1cccc(C)c1Br. The molecule has 0 fully saturated rings. The third-order valence-corrected chi connectivity index (χ3v) is 3.87. The second kappa shape index (κ2) is 7.05. The highest BCUT2D eigenvalue weighted by atomic mass is 79.9. The Kier molecular flexibility index (Phi) is 6.03. The summed E-state index contributed by atoms with van der Waals surface area (Å²) in [5.74, 6) is 0. The van der Waals surface area contributed by atoms with E-state index in [1.54, 1.807) is 7.11 Å². The highest BCUT2D eigenvalue weighted by molar-refractivity contribution is 9.10. The Hall–Kier alpha value is -0.380. The maximum Gasteiger partial charge on any atom is 0.0462 e. The zero-order valence-electron chi connectivity index (χ0n) is 10.2. The molecule has 0 saturated heterocycles. The van der Waals surface area contributed by atoms with E-state index in [4.69, 9.17) is 4.74 Å². The summed E-state index contributed by atoms with van der Waals surface area (Å²) in [5.41, 5.74) is 2.61. The van der Waals surface area contributed by atoms with E-state index >= 15 is 0 Å². The Morgan fingerprint density at radius 1 is 1.44 bits per heavy atom. The molecule has 1 N–H and O–H groups in total. The molecule has 0 aliphatic rings. The molecule has 1 aromatic rings. The van der Waals surface area contributed by atoms with Crippen LogP contribution in [0, 0.1) is 6.92 Å². The first-order chi connectivity index (χ1) is 7.70. The summed E-state index contributed by atoms with van der Waals surface area (Å²) >= 11 is 3.66. The van der Waals surface area contributed by atoms with E-state index in [1.165, 1.54) is 15.6 Å². The van der Waals surface area contributed by atoms with Gasteiger partial charge in [-0.05, 0) is 37.9 Å². The second-order valence-electron chi connectivity index (χ2n) is 3.95. The molecule has 1 unspecified atom stereocenters. The fourth-order valence-corrected chi connectivity index (χ4v) is 2.37. The van der Waals surface area contributed by atoms with E-state index in [9.17, 15) is 0 Å². The van der Waals surface area contributed by atoms with Crippen molar-refractivity contribution in [2.45, 2.75) is 25.8 Å². The van der Waals surface area contributed by atoms with Crippen molar-refractivity contribution in [3.05, 3.63) is 33.8 Å². The average molecular weight is 286 g/mol. The van der Waals surface area contributed by atoms with Gasteiger partial charge in [0.15, 0.2) is 0 Å². The number of hydrogen-bond acceptors (Lipinski definition) is 2. The molecule has 0 aliphatic heterocycles. The Bertz CT molecular complexity index is 328. The summed E-state index contributed by atoms with van der Waals surface area (Å²) < 4.78 is 6.30. The molecule has 2 nitrogen and oxygen atoms in total. The number of nitrogens with one attached hydrogen (secondary N) is 1. The lowest BCUT2D eigenvalue weighted by molar-refractivity contribution is 0.189. The van der Waals surface area contributed by atoms with Gasteiger partial charge < -0.3 is 10.1 Å². The normalized spacial score (nSPS) is 12.8. The van der Waals surface area contributed by atoms with Gasteiger partial charge >= 0.3 is 0 Å². The van der Waals surface area contributed by atoms with Gasteiger partial charge in [0.25, 0.3) is 0 Å². The van der Waals surface area contributed by atoms with Gasteiger partial charge in [-0.15, -0.1) is 0 Å². The van der Waals surface area contributed by atoms with Crippen LogP contribution < -0.4 is 5.32 Å². The van der Waals surface area contributed by atoms with Gasteiger partial charge in [0.1, 0.15) is 0 Å². The van der Waals surface area contributed by atoms with E-state index in [1.807, 2.05) is 7.05 Å². The van der Waals surface area contributed by atoms with Gasteiger partial charge in [-0.3, -0.25) is 0 Å². The van der Waals surface area contributed by atoms with Crippen molar-refractivity contribution in [1.82, 2.24) is 5.32 Å². The molecule has 1 atom stereocenters. The third kappa shape index (κ3) is 3.58. The van der Waals surface area contributed by atoms with Crippen LogP contribution >= 0.6 is 15.9 Å². The fourth-order valence-electron chi connectivity index (χ4n) is 1.83. The zero-order chi connectivity index (χ0) is 12.0. The number of halogens is 1. The molecule has 3 heteroatoms. The van der Waals surface area contributed by atoms with Crippen LogP contribution in [0.25, 0.3) is 0 Å². The maximum absolute atomic E-state index is 5.09. The second-order valence-corrected chi connectivity index (χ2v) is 4.75. The van der Waals surface area contributed by atoms with Crippen LogP contribution in [0.3, 0.4) is 0 Å². The summed E-state index contributed by atoms with van der Waals surface area (Å²) in [5, 5.41) is 3.36. The van der Waals surface area contributed by atoms with Gasteiger partial charge in [0.05, 0.1) is 0 Å². The summed E-state index contributed by atoms with van der Waals surface area (Å²) in [6.07, 6.45) is 2.16. The molecule has 0 bridgehead atoms. The van der Waals surface area contributed by atoms with Gasteiger partial charge in [0, 0.05) is 24.2 Å². The van der Waals surface area contributed by atoms with Crippen molar-refractivity contribution in [2.24, 2.45) is 0 Å². The monoisotopic (exact) mass is 285 g/mol. The highest BCUT2D eigenvalue weighted by Gasteiger charge is 2.12. The first kappa shape index (κ1) is 13.7. The number of benzene rings is 1. The molecule has 1 aromatic carbocycles. The van der Waals surface area contributed by atoms with Gasteiger partial charge in [0.2, 0.25) is 0 Å². The van der Waals surface area contributed by atoms with Crippen LogP contribution in [0.1, 0.15) is 30.0 Å². The van der Waals surface area contributed by atoms with Crippen LogP contribution in [0.15, 0.2) is 22.7 Å². The Morgan fingerprint density at radius 3 is 2.81 bits per heavy atom. The van der Waals surface area contributed by atoms with Crippen molar-refractivity contribution < 1.29 is 4.74 Å². The van der Waals surface area contributed by atoms with Crippen molar-refractivity contribution in [1.29, 1.82) is 0 Å². The van der Waals surface area contributed by atoms with Crippen molar-refractivity contribution >= 4 is 15.9 Å². The van der Waals surface area contributed by atoms with Gasteiger partial charge in [-0.25, -0.2) is 0 Å². The topological polar surface area (TPSA) is 21.3 Å². The van der Waals surface area contributed by atoms with E-state index < -0.39 is 0 Å². The number of rotatable bonds is 6. The largest absolute Gasteiger partial charge is 0.385 e. The summed E-state index contributed by atoms with van der Waals surface area (Å²) in [7, 11) is 3.75. The maximum atomic E-state index is 5.09. The fraction of sp³-hybridized carbons (Fsp3) is 0.538. The predicted octanol–water partition coefficient (Wildman–Crippen LogP) is 3.44. The molecule has 0 aliphatic carbocycles. The number of ether oxygens (including phenoxy) is 1. The Balaban J connectivity index is 2.74. The minimum absolute atomic E-state index is 0.393. The van der Waals surface area contributed by atoms with Crippen molar-refractivity contribution in [2.75, 3.05) is 20.8 Å². The van der Waals surface area contributed by atoms with Crippen LogP contribution in [0.4, 0.5) is 0 Å². The lowest BCUT2D eigenvalue weighted by Gasteiger charge is -2.19. The van der Waals surface area contributed by atoms with Gasteiger partial charge in [-0.1, -0.05) is 34.1 Å². The highest BCUT2D eigenvalue weighted by Crippen LogP contribution is 2.28. The predicted molar refractivity (Wildman–Crippen MR) is 71.8 cm³/mol. The molecule has 0 aromatic heterocycles. The lowest BCUT2D eigenvalue weighted by atomic mass is 10.0. The standard InChI is InChI=1S/C13H20BrNO/c1-10-6-4-7-11(13(10)14)12(15-2)8-5-9-16-3/h4,6-7,12,15H,5,8-9H2,1-3H3. The van der Waals surface area contributed by atoms with E-state index in [0.717, 1.165) is 19.4 Å². The quantitative estimate of drug-likeness (QED) is 0.809. The Morgan fingerprint density at radius 2 is 2.19 bits per heavy atom. The summed E-state index contributed by atoms with van der Waals surface area (Å²) in [6, 6.07) is 6.79. The number of hydrogen-bond donors (Lipinski definition) is 1.